The lowest BCUT2D eigenvalue weighted by molar-refractivity contribution is -0.121. The third-order valence-corrected chi connectivity index (χ3v) is 10.00. The molecule has 3 atom stereocenters. The highest BCUT2D eigenvalue weighted by Gasteiger charge is 2.36. The van der Waals surface area contributed by atoms with Crippen LogP contribution in [0, 0.1) is 11.7 Å². The van der Waals surface area contributed by atoms with E-state index in [2.05, 4.69) is 10.6 Å². The predicted octanol–water partition coefficient (Wildman–Crippen LogP) is 3.84. The molecule has 10 nitrogen and oxygen atoms in total. The molecule has 8 rings (SSSR count). The van der Waals surface area contributed by atoms with Crippen LogP contribution in [0.3, 0.4) is 0 Å². The van der Waals surface area contributed by atoms with Gasteiger partial charge in [-0.3, -0.25) is 14.4 Å². The fourth-order valence-corrected chi connectivity index (χ4v) is 7.76. The number of amides is 2. The topological polar surface area (TPSA) is 105 Å². The molecule has 1 aromatic heterocycles. The monoisotopic (exact) mass is 613 g/mol. The highest BCUT2D eigenvalue weighted by Crippen LogP contribution is 2.47. The Bertz CT molecular complexity index is 1800. The molecule has 11 heteroatoms. The summed E-state index contributed by atoms with van der Waals surface area (Å²) < 4.78 is 29.7. The minimum absolute atomic E-state index is 0.0158. The first kappa shape index (κ1) is 28.1. The van der Waals surface area contributed by atoms with Crippen LogP contribution in [0.25, 0.3) is 16.6 Å². The van der Waals surface area contributed by atoms with Gasteiger partial charge in [0.2, 0.25) is 11.3 Å². The standard InChI is InChI=1S/C34H36FN5O5/c35-25-16-23-30-33(31(25)39-10-9-21(18-39)37-29(41)15-20-17-36-26-6-2-1-5-22(20)26)45-28-8-4-3-7-27(28)40(30)19-24(32(23)42)34(43)38-11-13-44-14-12-38/h3-4,7-8,16-17,19,21-22,26,36H,1-2,5-6,9-15,18H2,(H,37,41). The molecular formula is C34H36FN5O5. The lowest BCUT2D eigenvalue weighted by Gasteiger charge is -2.30. The van der Waals surface area contributed by atoms with Crippen molar-refractivity contribution in [3.8, 4) is 17.2 Å². The van der Waals surface area contributed by atoms with E-state index in [-0.39, 0.29) is 34.3 Å². The molecule has 45 heavy (non-hydrogen) atoms. The van der Waals surface area contributed by atoms with Gasteiger partial charge in [0, 0.05) is 56.8 Å². The van der Waals surface area contributed by atoms with Gasteiger partial charge < -0.3 is 34.5 Å². The van der Waals surface area contributed by atoms with Crippen LogP contribution in [0.15, 0.2) is 53.1 Å². The summed E-state index contributed by atoms with van der Waals surface area (Å²) in [5.41, 5.74) is 1.95. The van der Waals surface area contributed by atoms with Gasteiger partial charge in [-0.2, -0.15) is 0 Å². The van der Waals surface area contributed by atoms with E-state index in [0.717, 1.165) is 12.8 Å². The van der Waals surface area contributed by atoms with Crippen molar-refractivity contribution in [2.75, 3.05) is 44.3 Å². The molecule has 3 aromatic rings. The Balaban J connectivity index is 1.10. The molecule has 2 saturated heterocycles. The van der Waals surface area contributed by atoms with E-state index in [1.54, 1.807) is 21.7 Å². The summed E-state index contributed by atoms with van der Waals surface area (Å²) in [5, 5.41) is 6.72. The largest absolute Gasteiger partial charge is 0.451 e. The van der Waals surface area contributed by atoms with Crippen molar-refractivity contribution in [3.63, 3.8) is 0 Å². The number of carbonyl (C=O) groups is 2. The molecular weight excluding hydrogens is 577 g/mol. The third kappa shape index (κ3) is 4.84. The second-order valence-electron chi connectivity index (χ2n) is 12.7. The SMILES string of the molecule is O=C(CC1=CNC2CCCCC12)NC1CCN(c2c(F)cc3c(=O)c(C(=O)N4CCOCC4)cn4c3c2Oc2ccccc2-4)C1. The van der Waals surface area contributed by atoms with Gasteiger partial charge in [0.05, 0.1) is 24.3 Å². The number of morpholine rings is 1. The number of hydrogen-bond donors (Lipinski definition) is 2. The zero-order chi connectivity index (χ0) is 30.7. The number of para-hydroxylation sites is 2. The van der Waals surface area contributed by atoms with Crippen molar-refractivity contribution in [1.82, 2.24) is 20.1 Å². The second kappa shape index (κ2) is 11.2. The van der Waals surface area contributed by atoms with Crippen LogP contribution in [0.4, 0.5) is 10.1 Å². The van der Waals surface area contributed by atoms with Crippen molar-refractivity contribution in [2.45, 2.75) is 50.6 Å². The molecule has 3 fully saturated rings. The van der Waals surface area contributed by atoms with Gasteiger partial charge in [0.25, 0.3) is 5.91 Å². The zero-order valence-electron chi connectivity index (χ0n) is 25.0. The number of nitrogens with zero attached hydrogens (tertiary/aromatic N) is 3. The molecule has 2 amide bonds. The zero-order valence-corrected chi connectivity index (χ0v) is 25.0. The summed E-state index contributed by atoms with van der Waals surface area (Å²) in [5.74, 6) is 0.155. The lowest BCUT2D eigenvalue weighted by Crippen LogP contribution is -2.42. The van der Waals surface area contributed by atoms with Gasteiger partial charge >= 0.3 is 0 Å². The smallest absolute Gasteiger partial charge is 0.259 e. The summed E-state index contributed by atoms with van der Waals surface area (Å²) in [6, 6.07) is 8.85. The van der Waals surface area contributed by atoms with E-state index in [1.165, 1.54) is 24.5 Å². The molecule has 0 bridgehead atoms. The number of carbonyl (C=O) groups excluding carboxylic acids is 2. The van der Waals surface area contributed by atoms with Gasteiger partial charge in [-0.1, -0.05) is 25.0 Å². The Morgan fingerprint density at radius 3 is 2.76 bits per heavy atom. The number of nitrogens with one attached hydrogen (secondary N) is 2. The Morgan fingerprint density at radius 2 is 1.89 bits per heavy atom. The third-order valence-electron chi connectivity index (χ3n) is 10.00. The molecule has 1 saturated carbocycles. The van der Waals surface area contributed by atoms with Crippen molar-refractivity contribution < 1.29 is 23.5 Å². The normalized spacial score (nSPS) is 23.6. The maximum absolute atomic E-state index is 16.2. The number of aromatic nitrogens is 1. The number of rotatable bonds is 5. The molecule has 3 unspecified atom stereocenters. The van der Waals surface area contributed by atoms with Crippen LogP contribution in [0.5, 0.6) is 11.5 Å². The first-order valence-electron chi connectivity index (χ1n) is 16.0. The molecule has 2 N–H and O–H groups in total. The first-order chi connectivity index (χ1) is 22.0. The Morgan fingerprint density at radius 1 is 1.07 bits per heavy atom. The van der Waals surface area contributed by atoms with Crippen LogP contribution >= 0.6 is 0 Å². The number of anilines is 1. The van der Waals surface area contributed by atoms with Gasteiger partial charge in [0.1, 0.15) is 16.8 Å². The molecule has 5 aliphatic rings. The average molecular weight is 614 g/mol. The first-order valence-corrected chi connectivity index (χ1v) is 16.0. The number of ether oxygens (including phenoxy) is 2. The van der Waals surface area contributed by atoms with Crippen LogP contribution in [0.2, 0.25) is 0 Å². The van der Waals surface area contributed by atoms with Gasteiger partial charge in [-0.25, -0.2) is 4.39 Å². The van der Waals surface area contributed by atoms with E-state index in [9.17, 15) is 14.4 Å². The maximum Gasteiger partial charge on any atom is 0.259 e. The minimum Gasteiger partial charge on any atom is -0.451 e. The van der Waals surface area contributed by atoms with Crippen LogP contribution < -0.4 is 25.7 Å². The highest BCUT2D eigenvalue weighted by atomic mass is 19.1. The van der Waals surface area contributed by atoms with Crippen molar-refractivity contribution in [3.05, 3.63) is 69.9 Å². The summed E-state index contributed by atoms with van der Waals surface area (Å²) in [6.45, 7) is 2.50. The molecule has 4 aliphatic heterocycles. The van der Waals surface area contributed by atoms with Gasteiger partial charge in [-0.05, 0) is 49.2 Å². The van der Waals surface area contributed by atoms with Crippen LogP contribution in [-0.4, -0.2) is 72.8 Å². The summed E-state index contributed by atoms with van der Waals surface area (Å²) >= 11 is 0. The van der Waals surface area contributed by atoms with Gasteiger partial charge in [0.15, 0.2) is 17.3 Å². The molecule has 5 heterocycles. The quantitative estimate of drug-likeness (QED) is 0.353. The minimum atomic E-state index is -0.603. The number of fused-ring (bicyclic) bond motifs is 3. The number of halogens is 1. The maximum atomic E-state index is 16.2. The van der Waals surface area contributed by atoms with E-state index >= 15 is 4.39 Å². The van der Waals surface area contributed by atoms with Crippen molar-refractivity contribution in [2.24, 2.45) is 5.92 Å². The van der Waals surface area contributed by atoms with E-state index in [4.69, 9.17) is 9.47 Å². The van der Waals surface area contributed by atoms with E-state index in [1.807, 2.05) is 29.3 Å². The second-order valence-corrected chi connectivity index (χ2v) is 12.7. The molecule has 0 spiro atoms. The van der Waals surface area contributed by atoms with Gasteiger partial charge in [-0.15, -0.1) is 0 Å². The Kier molecular flexibility index (Phi) is 7.00. The van der Waals surface area contributed by atoms with Crippen molar-refractivity contribution >= 4 is 28.4 Å². The van der Waals surface area contributed by atoms with Crippen LogP contribution in [-0.2, 0) is 9.53 Å². The summed E-state index contributed by atoms with van der Waals surface area (Å²) in [6.07, 6.45) is 9.32. The average Bonchev–Trinajstić information content (AvgIpc) is 3.69. The molecule has 234 valence electrons. The Hall–Kier alpha value is -4.38. The van der Waals surface area contributed by atoms with E-state index < -0.39 is 17.2 Å². The summed E-state index contributed by atoms with van der Waals surface area (Å²) in [4.78, 5) is 43.8. The fourth-order valence-electron chi connectivity index (χ4n) is 7.76. The molecule has 1 aliphatic carbocycles. The Labute approximate surface area is 259 Å². The molecule has 2 aromatic carbocycles. The van der Waals surface area contributed by atoms with Crippen LogP contribution in [0.1, 0.15) is 48.9 Å². The fraction of sp³-hybridized carbons (Fsp3) is 0.441. The van der Waals surface area contributed by atoms with E-state index in [0.29, 0.717) is 81.1 Å². The highest BCUT2D eigenvalue weighted by molar-refractivity contribution is 6.01. The lowest BCUT2D eigenvalue weighted by atomic mass is 9.81. The summed E-state index contributed by atoms with van der Waals surface area (Å²) in [7, 11) is 0. The molecule has 0 radical (unpaired) electrons. The van der Waals surface area contributed by atoms with Crippen molar-refractivity contribution in [1.29, 1.82) is 0 Å². The number of benzene rings is 2. The number of pyridine rings is 1. The predicted molar refractivity (Wildman–Crippen MR) is 167 cm³/mol. The number of hydrogen-bond acceptors (Lipinski definition) is 7.